The van der Waals surface area contributed by atoms with Gasteiger partial charge in [-0.25, -0.2) is 9.07 Å². The van der Waals surface area contributed by atoms with Crippen LogP contribution in [-0.4, -0.2) is 33.9 Å². The second kappa shape index (κ2) is 12.2. The molecule has 0 bridgehead atoms. The molecule has 4 atom stereocenters. The van der Waals surface area contributed by atoms with E-state index in [4.69, 9.17) is 11.6 Å². The zero-order valence-electron chi connectivity index (χ0n) is 25.1. The lowest BCUT2D eigenvalue weighted by Crippen LogP contribution is -2.37. The first-order chi connectivity index (χ1) is 20.8. The van der Waals surface area contributed by atoms with Crippen LogP contribution in [0.2, 0.25) is 5.02 Å². The number of aromatic nitrogens is 4. The number of hydrogen-bond acceptors (Lipinski definition) is 6. The average Bonchev–Trinajstić information content (AvgIpc) is 3.72. The minimum Gasteiger partial charge on any atom is -0.381 e. The summed E-state index contributed by atoms with van der Waals surface area (Å²) in [6.45, 7) is 4.58. The van der Waals surface area contributed by atoms with E-state index in [9.17, 15) is 9.65 Å². The molecule has 7 nitrogen and oxygen atoms in total. The number of rotatable bonds is 10. The first-order valence-electron chi connectivity index (χ1n) is 15.5. The standard InChI is InChI=1S/C33H38BClFN7/c1-3-4-5-21-12-20(2)13-25(14-21)39-31-22(17-37)18-38-32-28(31)15-26(16-29(32)35)40-33(34,23-6-8-24(36)9-7-23)30-19-43(42-41-30)27-10-11-27/h6-9,15-16,18-21,25,27,40H,3-5,10-14,34H2,1-2H3,(H,38,39). The van der Waals surface area contributed by atoms with Crippen molar-refractivity contribution in [3.8, 4) is 6.07 Å². The molecule has 2 fully saturated rings. The highest BCUT2D eigenvalue weighted by molar-refractivity contribution is 6.36. The van der Waals surface area contributed by atoms with Gasteiger partial charge in [0, 0.05) is 23.3 Å². The van der Waals surface area contributed by atoms with Crippen molar-refractivity contribution in [1.82, 2.24) is 20.0 Å². The molecule has 2 aromatic heterocycles. The quantitative estimate of drug-likeness (QED) is 0.188. The van der Waals surface area contributed by atoms with E-state index in [1.54, 1.807) is 18.3 Å². The molecule has 0 radical (unpaired) electrons. The maximum absolute atomic E-state index is 14.0. The second-order valence-corrected chi connectivity index (χ2v) is 13.2. The second-order valence-electron chi connectivity index (χ2n) is 12.7. The zero-order chi connectivity index (χ0) is 30.1. The fraction of sp³-hybridized carbons (Fsp3) is 0.455. The molecule has 0 saturated heterocycles. The topological polar surface area (TPSA) is 91.5 Å². The first kappa shape index (κ1) is 29.4. The number of fused-ring (bicyclic) bond motifs is 1. The highest BCUT2D eigenvalue weighted by Crippen LogP contribution is 2.40. The van der Waals surface area contributed by atoms with Gasteiger partial charge in [-0.1, -0.05) is 62.1 Å². The van der Waals surface area contributed by atoms with Crippen molar-refractivity contribution in [1.29, 1.82) is 5.26 Å². The van der Waals surface area contributed by atoms with Crippen LogP contribution in [0, 0.1) is 29.0 Å². The summed E-state index contributed by atoms with van der Waals surface area (Å²) in [5, 5.41) is 27.7. The third-order valence-electron chi connectivity index (χ3n) is 9.16. The fourth-order valence-electron chi connectivity index (χ4n) is 6.75. The Labute approximate surface area is 258 Å². The predicted molar refractivity (Wildman–Crippen MR) is 173 cm³/mol. The van der Waals surface area contributed by atoms with Gasteiger partial charge in [-0.15, -0.1) is 5.10 Å². The molecule has 222 valence electrons. The smallest absolute Gasteiger partial charge is 0.148 e. The fourth-order valence-corrected chi connectivity index (χ4v) is 7.02. The Morgan fingerprint density at radius 3 is 2.70 bits per heavy atom. The molecule has 2 N–H and O–H groups in total. The normalized spacial score (nSPS) is 21.7. The molecule has 0 amide bonds. The van der Waals surface area contributed by atoms with Crippen LogP contribution in [0.25, 0.3) is 10.9 Å². The van der Waals surface area contributed by atoms with Crippen molar-refractivity contribution < 1.29 is 4.39 Å². The van der Waals surface area contributed by atoms with Crippen LogP contribution in [0.4, 0.5) is 15.8 Å². The van der Waals surface area contributed by atoms with Crippen LogP contribution in [0.3, 0.4) is 0 Å². The van der Waals surface area contributed by atoms with Crippen LogP contribution in [0.5, 0.6) is 0 Å². The van der Waals surface area contributed by atoms with Crippen LogP contribution in [0.15, 0.2) is 48.8 Å². The Bertz CT molecular complexity index is 1650. The van der Waals surface area contributed by atoms with Gasteiger partial charge in [0.05, 0.1) is 39.5 Å². The van der Waals surface area contributed by atoms with E-state index >= 15 is 0 Å². The van der Waals surface area contributed by atoms with Crippen molar-refractivity contribution in [3.05, 3.63) is 76.5 Å². The van der Waals surface area contributed by atoms with Crippen LogP contribution >= 0.6 is 11.6 Å². The van der Waals surface area contributed by atoms with E-state index in [0.29, 0.717) is 34.0 Å². The lowest BCUT2D eigenvalue weighted by Gasteiger charge is -2.35. The molecule has 2 aromatic carbocycles. The number of anilines is 2. The SMILES string of the molecule is BC(Nc1cc(Cl)c2ncc(C#N)c(NC3CC(C)CC(CCCC)C3)c2c1)(c1ccc(F)cc1)c1cn(C2CC2)nn1. The van der Waals surface area contributed by atoms with Crippen molar-refractivity contribution >= 4 is 41.7 Å². The minimum absolute atomic E-state index is 0.264. The van der Waals surface area contributed by atoms with Gasteiger partial charge in [0.25, 0.3) is 0 Å². The van der Waals surface area contributed by atoms with Crippen molar-refractivity contribution in [2.45, 2.75) is 82.7 Å². The number of hydrogen-bond donors (Lipinski definition) is 2. The molecule has 6 rings (SSSR count). The van der Waals surface area contributed by atoms with Gasteiger partial charge in [-0.2, -0.15) is 5.26 Å². The number of nitrogens with zero attached hydrogens (tertiary/aromatic N) is 5. The molecule has 2 aliphatic carbocycles. The summed E-state index contributed by atoms with van der Waals surface area (Å²) < 4.78 is 15.9. The Morgan fingerprint density at radius 1 is 1.19 bits per heavy atom. The van der Waals surface area contributed by atoms with E-state index in [1.165, 1.54) is 37.8 Å². The molecule has 0 aliphatic heterocycles. The van der Waals surface area contributed by atoms with E-state index in [1.807, 2.05) is 30.9 Å². The van der Waals surface area contributed by atoms with Gasteiger partial charge >= 0.3 is 0 Å². The summed E-state index contributed by atoms with van der Waals surface area (Å²) in [5.74, 6) is 0.996. The number of nitriles is 1. The Hall–Kier alpha value is -3.64. The highest BCUT2D eigenvalue weighted by atomic mass is 35.5. The molecule has 43 heavy (non-hydrogen) atoms. The number of nitrogens with one attached hydrogen (secondary N) is 2. The maximum Gasteiger partial charge on any atom is 0.148 e. The van der Waals surface area contributed by atoms with Crippen molar-refractivity contribution in [3.63, 3.8) is 0 Å². The number of pyridine rings is 1. The Morgan fingerprint density at radius 2 is 1.98 bits per heavy atom. The van der Waals surface area contributed by atoms with E-state index in [0.717, 1.165) is 53.7 Å². The number of unbranched alkanes of at least 4 members (excludes halogenated alkanes) is 1. The van der Waals surface area contributed by atoms with Crippen LogP contribution < -0.4 is 10.6 Å². The van der Waals surface area contributed by atoms with Gasteiger partial charge in [0.1, 0.15) is 25.4 Å². The molecule has 2 heterocycles. The highest BCUT2D eigenvalue weighted by Gasteiger charge is 2.35. The summed E-state index contributed by atoms with van der Waals surface area (Å²) in [4.78, 5) is 4.58. The largest absolute Gasteiger partial charge is 0.381 e. The number of benzene rings is 2. The average molecular weight is 598 g/mol. The van der Waals surface area contributed by atoms with E-state index in [-0.39, 0.29) is 11.9 Å². The van der Waals surface area contributed by atoms with Crippen LogP contribution in [-0.2, 0) is 5.44 Å². The monoisotopic (exact) mass is 597 g/mol. The summed E-state index contributed by atoms with van der Waals surface area (Å²) in [6, 6.07) is 13.3. The number of halogens is 2. The molecule has 4 unspecified atom stereocenters. The van der Waals surface area contributed by atoms with Crippen molar-refractivity contribution in [2.75, 3.05) is 10.6 Å². The molecule has 4 aromatic rings. The lowest BCUT2D eigenvalue weighted by atomic mass is 9.69. The maximum atomic E-state index is 14.0. The van der Waals surface area contributed by atoms with Gasteiger partial charge < -0.3 is 10.6 Å². The lowest BCUT2D eigenvalue weighted by molar-refractivity contribution is 0.248. The molecule has 2 saturated carbocycles. The minimum atomic E-state index is -0.836. The zero-order valence-corrected chi connectivity index (χ0v) is 25.8. The van der Waals surface area contributed by atoms with Gasteiger partial charge in [0.15, 0.2) is 0 Å². The summed E-state index contributed by atoms with van der Waals surface area (Å²) in [7, 11) is 2.02. The molecular weight excluding hydrogens is 560 g/mol. The Balaban J connectivity index is 1.39. The van der Waals surface area contributed by atoms with Crippen LogP contribution in [0.1, 0.15) is 88.1 Å². The summed E-state index contributed by atoms with van der Waals surface area (Å²) >= 11 is 6.88. The third kappa shape index (κ3) is 6.21. The molecule has 0 spiro atoms. The van der Waals surface area contributed by atoms with Gasteiger partial charge in [-0.3, -0.25) is 4.98 Å². The first-order valence-corrected chi connectivity index (χ1v) is 15.9. The molecule has 10 heteroatoms. The third-order valence-corrected chi connectivity index (χ3v) is 9.45. The van der Waals surface area contributed by atoms with E-state index < -0.39 is 5.44 Å². The van der Waals surface area contributed by atoms with Gasteiger partial charge in [-0.05, 0) is 73.8 Å². The molecule has 2 aliphatic rings. The van der Waals surface area contributed by atoms with Crippen molar-refractivity contribution in [2.24, 2.45) is 11.8 Å². The van der Waals surface area contributed by atoms with E-state index in [2.05, 4.69) is 45.8 Å². The predicted octanol–water partition coefficient (Wildman–Crippen LogP) is 7.18. The summed E-state index contributed by atoms with van der Waals surface area (Å²) in [5.41, 5.74) is 3.37. The molecular formula is C33H38BClFN7. The Kier molecular flexibility index (Phi) is 8.33. The summed E-state index contributed by atoms with van der Waals surface area (Å²) in [6.07, 6.45) is 12.9. The van der Waals surface area contributed by atoms with Gasteiger partial charge in [0.2, 0.25) is 0 Å².